The van der Waals surface area contributed by atoms with Crippen LogP contribution in [0.4, 0.5) is 0 Å². The minimum atomic E-state index is -0.979. The maximum atomic E-state index is 12.2. The van der Waals surface area contributed by atoms with Crippen LogP contribution in [0.15, 0.2) is 24.3 Å². The summed E-state index contributed by atoms with van der Waals surface area (Å²) in [5.41, 5.74) is 6.71. The first-order valence-corrected chi connectivity index (χ1v) is 6.56. The molecule has 0 saturated carbocycles. The van der Waals surface area contributed by atoms with Gasteiger partial charge in [0.1, 0.15) is 11.8 Å². The number of rotatable bonds is 4. The van der Waals surface area contributed by atoms with E-state index in [1.54, 1.807) is 12.1 Å². The lowest BCUT2D eigenvalue weighted by Crippen LogP contribution is -2.49. The number of nitrogens with two attached hydrogens (primary N) is 1. The average molecular weight is 315 g/mol. The fourth-order valence-corrected chi connectivity index (χ4v) is 2.47. The average Bonchev–Trinajstić information content (AvgIpc) is 2.90. The Kier molecular flexibility index (Phi) is 5.99. The number of carboxylic acid groups (broad SMARTS) is 1. The number of aliphatic carboxylic acids is 1. The molecule has 1 amide bonds. The van der Waals surface area contributed by atoms with E-state index in [2.05, 4.69) is 0 Å². The van der Waals surface area contributed by atoms with Gasteiger partial charge in [-0.2, -0.15) is 0 Å². The smallest absolute Gasteiger partial charge is 0.326 e. The van der Waals surface area contributed by atoms with Gasteiger partial charge in [0.2, 0.25) is 5.91 Å². The predicted octanol–water partition coefficient (Wildman–Crippen LogP) is 0.759. The van der Waals surface area contributed by atoms with Crippen LogP contribution in [0.3, 0.4) is 0 Å². The molecule has 1 saturated heterocycles. The number of nitrogens with zero attached hydrogens (tertiary/aromatic N) is 1. The Morgan fingerprint density at radius 2 is 1.95 bits per heavy atom. The number of hydrogen-bond donors (Lipinski definition) is 3. The number of carbonyl (C=O) groups is 2. The summed E-state index contributed by atoms with van der Waals surface area (Å²) in [6, 6.07) is 4.93. The third-order valence-electron chi connectivity index (χ3n) is 3.53. The van der Waals surface area contributed by atoms with Crippen molar-refractivity contribution in [1.82, 2.24) is 4.90 Å². The second-order valence-corrected chi connectivity index (χ2v) is 5.00. The van der Waals surface area contributed by atoms with Crippen molar-refractivity contribution < 1.29 is 19.8 Å². The fraction of sp³-hybridized carbons (Fsp3) is 0.429. The first-order valence-electron chi connectivity index (χ1n) is 6.56. The highest BCUT2D eigenvalue weighted by Gasteiger charge is 2.35. The van der Waals surface area contributed by atoms with E-state index in [-0.39, 0.29) is 24.1 Å². The zero-order valence-corrected chi connectivity index (χ0v) is 12.3. The summed E-state index contributed by atoms with van der Waals surface area (Å²) in [6.45, 7) is 0.444. The summed E-state index contributed by atoms with van der Waals surface area (Å²) in [4.78, 5) is 24.6. The molecule has 0 radical (unpaired) electrons. The second kappa shape index (κ2) is 7.28. The molecule has 0 unspecified atom stereocenters. The number of amides is 1. The molecule has 2 atom stereocenters. The summed E-state index contributed by atoms with van der Waals surface area (Å²) < 4.78 is 0. The van der Waals surface area contributed by atoms with Gasteiger partial charge in [0.25, 0.3) is 0 Å². The van der Waals surface area contributed by atoms with E-state index in [9.17, 15) is 14.7 Å². The molecule has 2 rings (SSSR count). The van der Waals surface area contributed by atoms with Gasteiger partial charge in [-0.05, 0) is 37.0 Å². The Balaban J connectivity index is 0.00000220. The van der Waals surface area contributed by atoms with Gasteiger partial charge >= 0.3 is 5.97 Å². The van der Waals surface area contributed by atoms with Crippen LogP contribution in [0.25, 0.3) is 0 Å². The molecule has 1 fully saturated rings. The molecule has 1 aromatic carbocycles. The topological polar surface area (TPSA) is 104 Å². The first-order chi connectivity index (χ1) is 9.49. The number of hydrogen-bond acceptors (Lipinski definition) is 4. The van der Waals surface area contributed by atoms with E-state index < -0.39 is 18.1 Å². The monoisotopic (exact) mass is 314 g/mol. The van der Waals surface area contributed by atoms with Crippen LogP contribution >= 0.6 is 12.4 Å². The predicted molar refractivity (Wildman–Crippen MR) is 79.4 cm³/mol. The molecular weight excluding hydrogens is 296 g/mol. The quantitative estimate of drug-likeness (QED) is 0.761. The largest absolute Gasteiger partial charge is 0.508 e. The van der Waals surface area contributed by atoms with Crippen LogP contribution in [-0.2, 0) is 16.0 Å². The van der Waals surface area contributed by atoms with Crippen molar-refractivity contribution in [2.75, 3.05) is 6.54 Å². The van der Waals surface area contributed by atoms with Crippen LogP contribution in [0.2, 0.25) is 0 Å². The number of halogens is 1. The van der Waals surface area contributed by atoms with E-state index in [1.165, 1.54) is 17.0 Å². The molecule has 6 nitrogen and oxygen atoms in total. The first kappa shape index (κ1) is 17.3. The molecule has 0 bridgehead atoms. The van der Waals surface area contributed by atoms with Crippen molar-refractivity contribution in [1.29, 1.82) is 0 Å². The van der Waals surface area contributed by atoms with Gasteiger partial charge in [-0.1, -0.05) is 12.1 Å². The zero-order chi connectivity index (χ0) is 14.7. The third-order valence-corrected chi connectivity index (χ3v) is 3.53. The minimum absolute atomic E-state index is 0. The van der Waals surface area contributed by atoms with Crippen LogP contribution in [0.1, 0.15) is 18.4 Å². The van der Waals surface area contributed by atoms with Crippen molar-refractivity contribution in [3.8, 4) is 5.75 Å². The lowest BCUT2D eigenvalue weighted by Gasteiger charge is -2.24. The molecular formula is C14H19ClN2O4. The maximum Gasteiger partial charge on any atom is 0.326 e. The van der Waals surface area contributed by atoms with Crippen LogP contribution in [-0.4, -0.2) is 45.6 Å². The van der Waals surface area contributed by atoms with Crippen molar-refractivity contribution in [3.63, 3.8) is 0 Å². The van der Waals surface area contributed by atoms with Gasteiger partial charge < -0.3 is 20.8 Å². The fourth-order valence-electron chi connectivity index (χ4n) is 2.47. The van der Waals surface area contributed by atoms with Gasteiger partial charge in [0, 0.05) is 6.54 Å². The molecule has 0 aromatic heterocycles. The van der Waals surface area contributed by atoms with E-state index >= 15 is 0 Å². The zero-order valence-electron chi connectivity index (χ0n) is 11.4. The van der Waals surface area contributed by atoms with E-state index in [1.807, 2.05) is 0 Å². The minimum Gasteiger partial charge on any atom is -0.508 e. The van der Waals surface area contributed by atoms with E-state index in [0.29, 0.717) is 25.8 Å². The van der Waals surface area contributed by atoms with Crippen molar-refractivity contribution in [2.45, 2.75) is 31.3 Å². The molecule has 1 heterocycles. The van der Waals surface area contributed by atoms with Gasteiger partial charge in [0.05, 0.1) is 6.04 Å². The summed E-state index contributed by atoms with van der Waals surface area (Å²) in [7, 11) is 0. The number of benzene rings is 1. The SMILES string of the molecule is Cl.N[C@@H](Cc1ccc(O)cc1)C(=O)N1CCC[C@H]1C(=O)O. The normalized spacial score (nSPS) is 18.9. The molecule has 7 heteroatoms. The Morgan fingerprint density at radius 1 is 1.33 bits per heavy atom. The summed E-state index contributed by atoms with van der Waals surface area (Å²) in [5, 5.41) is 18.3. The summed E-state index contributed by atoms with van der Waals surface area (Å²) >= 11 is 0. The molecule has 116 valence electrons. The maximum absolute atomic E-state index is 12.2. The highest BCUT2D eigenvalue weighted by atomic mass is 35.5. The Labute approximate surface area is 129 Å². The van der Waals surface area contributed by atoms with Crippen LogP contribution in [0, 0.1) is 0 Å². The number of likely N-dealkylation sites (tertiary alicyclic amines) is 1. The van der Waals surface area contributed by atoms with Crippen molar-refractivity contribution >= 4 is 24.3 Å². The van der Waals surface area contributed by atoms with Gasteiger partial charge in [-0.15, -0.1) is 12.4 Å². The van der Waals surface area contributed by atoms with Gasteiger partial charge in [-0.3, -0.25) is 4.79 Å². The van der Waals surface area contributed by atoms with E-state index in [4.69, 9.17) is 10.8 Å². The second-order valence-electron chi connectivity index (χ2n) is 5.00. The third kappa shape index (κ3) is 4.09. The molecule has 1 aliphatic rings. The highest BCUT2D eigenvalue weighted by Crippen LogP contribution is 2.19. The number of phenolic OH excluding ortho intramolecular Hbond substituents is 1. The highest BCUT2D eigenvalue weighted by molar-refractivity contribution is 5.87. The number of phenols is 1. The molecule has 1 aromatic rings. The van der Waals surface area contributed by atoms with Crippen LogP contribution in [0.5, 0.6) is 5.75 Å². The summed E-state index contributed by atoms with van der Waals surface area (Å²) in [5.74, 6) is -1.16. The summed E-state index contributed by atoms with van der Waals surface area (Å²) in [6.07, 6.45) is 1.49. The molecule has 21 heavy (non-hydrogen) atoms. The number of carbonyl (C=O) groups excluding carboxylic acids is 1. The number of aromatic hydroxyl groups is 1. The van der Waals surface area contributed by atoms with Crippen LogP contribution < -0.4 is 5.73 Å². The van der Waals surface area contributed by atoms with Gasteiger partial charge in [0.15, 0.2) is 0 Å². The van der Waals surface area contributed by atoms with Gasteiger partial charge in [-0.25, -0.2) is 4.79 Å². The Hall–Kier alpha value is -1.79. The lowest BCUT2D eigenvalue weighted by molar-refractivity contribution is -0.148. The van der Waals surface area contributed by atoms with Crippen molar-refractivity contribution in [3.05, 3.63) is 29.8 Å². The van der Waals surface area contributed by atoms with E-state index in [0.717, 1.165) is 5.56 Å². The molecule has 0 spiro atoms. The standard InChI is InChI=1S/C14H18N2O4.ClH/c15-11(8-9-3-5-10(17)6-4-9)13(18)16-7-1-2-12(16)14(19)20;/h3-6,11-12,17H,1-2,7-8,15H2,(H,19,20);1H/t11-,12-;/m0./s1. The Bertz CT molecular complexity index is 506. The molecule has 1 aliphatic heterocycles. The Morgan fingerprint density at radius 3 is 2.52 bits per heavy atom. The number of carboxylic acids is 1. The van der Waals surface area contributed by atoms with Crippen molar-refractivity contribution in [2.24, 2.45) is 5.73 Å². The molecule has 4 N–H and O–H groups in total. The lowest BCUT2D eigenvalue weighted by atomic mass is 10.0. The molecule has 0 aliphatic carbocycles.